The molecule has 0 radical (unpaired) electrons. The molecule has 0 saturated carbocycles. The highest BCUT2D eigenvalue weighted by Gasteiger charge is 2.41. The molecule has 0 N–H and O–H groups in total. The van der Waals surface area contributed by atoms with Crippen LogP contribution in [0.2, 0.25) is 0 Å². The van der Waals surface area contributed by atoms with Crippen molar-refractivity contribution in [2.24, 2.45) is 0 Å². The third-order valence-corrected chi connectivity index (χ3v) is 3.70. The van der Waals surface area contributed by atoms with E-state index in [-0.39, 0.29) is 18.3 Å². The lowest BCUT2D eigenvalue weighted by molar-refractivity contribution is -0.171. The summed E-state index contributed by atoms with van der Waals surface area (Å²) < 4.78 is 99.7. The van der Waals surface area contributed by atoms with Gasteiger partial charge in [-0.1, -0.05) is 5.92 Å². The van der Waals surface area contributed by atoms with Crippen LogP contribution < -0.4 is 9.64 Å². The van der Waals surface area contributed by atoms with Gasteiger partial charge in [-0.25, -0.2) is 22.0 Å². The molecule has 0 bridgehead atoms. The minimum Gasteiger partial charge on any atom is -0.429 e. The maximum atomic E-state index is 14.3. The number of hydrogen-bond donors (Lipinski definition) is 0. The summed E-state index contributed by atoms with van der Waals surface area (Å²) in [6, 6.07) is 1.63. The molecule has 1 heterocycles. The summed E-state index contributed by atoms with van der Waals surface area (Å²) in [5, 5.41) is 0. The van der Waals surface area contributed by atoms with E-state index in [9.17, 15) is 30.7 Å². The van der Waals surface area contributed by atoms with Crippen LogP contribution in [-0.2, 0) is 0 Å². The molecule has 2 aromatic carbocycles. The first-order chi connectivity index (χ1) is 12.1. The highest BCUT2D eigenvalue weighted by atomic mass is 19.3. The Hall–Kier alpha value is -2.89. The van der Waals surface area contributed by atoms with Gasteiger partial charge in [-0.2, -0.15) is 8.78 Å². The van der Waals surface area contributed by atoms with E-state index in [1.807, 2.05) is 0 Å². The predicted molar refractivity (Wildman–Crippen MR) is 78.3 cm³/mol. The van der Waals surface area contributed by atoms with Crippen molar-refractivity contribution >= 4 is 5.69 Å². The van der Waals surface area contributed by atoms with Crippen molar-refractivity contribution in [1.29, 1.82) is 0 Å². The van der Waals surface area contributed by atoms with Crippen molar-refractivity contribution in [2.75, 3.05) is 18.0 Å². The van der Waals surface area contributed by atoms with Crippen molar-refractivity contribution in [3.63, 3.8) is 0 Å². The van der Waals surface area contributed by atoms with Gasteiger partial charge in [0.25, 0.3) is 0 Å². The quantitative estimate of drug-likeness (QED) is 0.332. The lowest BCUT2D eigenvalue weighted by Gasteiger charge is -2.34. The molecular formula is C17H8F7NO. The molecule has 2 nitrogen and oxygen atoms in total. The molecule has 9 heteroatoms. The Morgan fingerprint density at radius 3 is 2.31 bits per heavy atom. The fraction of sp³-hybridized carbons (Fsp3) is 0.176. The minimum absolute atomic E-state index is 0.130. The van der Waals surface area contributed by atoms with Crippen molar-refractivity contribution in [2.45, 2.75) is 6.11 Å². The third-order valence-electron chi connectivity index (χ3n) is 3.70. The third kappa shape index (κ3) is 2.92. The molecule has 0 fully saturated rings. The first kappa shape index (κ1) is 17.9. The second kappa shape index (κ2) is 6.12. The maximum Gasteiger partial charge on any atom is 0.415 e. The van der Waals surface area contributed by atoms with Crippen molar-refractivity contribution in [3.8, 4) is 29.2 Å². The van der Waals surface area contributed by atoms with Crippen LogP contribution in [0.5, 0.6) is 5.75 Å². The Kier molecular flexibility index (Phi) is 4.22. The summed E-state index contributed by atoms with van der Waals surface area (Å²) in [5.74, 6) is -7.50. The lowest BCUT2D eigenvalue weighted by atomic mass is 10.0. The lowest BCUT2D eigenvalue weighted by Crippen LogP contribution is -2.45. The number of halogens is 7. The highest BCUT2D eigenvalue weighted by Crippen LogP contribution is 2.42. The molecule has 1 aliphatic heterocycles. The number of terminal acetylenes is 1. The van der Waals surface area contributed by atoms with E-state index in [2.05, 4.69) is 10.7 Å². The molecule has 0 unspecified atom stereocenters. The molecule has 3 rings (SSSR count). The molecule has 0 saturated heterocycles. The van der Waals surface area contributed by atoms with E-state index in [0.717, 1.165) is 11.0 Å². The first-order valence-corrected chi connectivity index (χ1v) is 7.07. The number of benzene rings is 2. The normalized spacial score (nSPS) is 15.2. The van der Waals surface area contributed by atoms with E-state index in [1.165, 1.54) is 0 Å². The van der Waals surface area contributed by atoms with E-state index in [0.29, 0.717) is 6.07 Å². The largest absolute Gasteiger partial charge is 0.429 e. The Labute approximate surface area is 142 Å². The summed E-state index contributed by atoms with van der Waals surface area (Å²) in [4.78, 5) is 0.954. The maximum absolute atomic E-state index is 14.3. The molecule has 2 aromatic rings. The van der Waals surface area contributed by atoms with Gasteiger partial charge in [-0.15, -0.1) is 6.42 Å². The summed E-state index contributed by atoms with van der Waals surface area (Å²) in [6.45, 7) is -1.28. The van der Waals surface area contributed by atoms with Gasteiger partial charge in [0.15, 0.2) is 29.0 Å². The average Bonchev–Trinajstić information content (AvgIpc) is 2.55. The van der Waals surface area contributed by atoms with Crippen LogP contribution in [0, 0.1) is 41.4 Å². The molecule has 1 aliphatic rings. The molecule has 0 atom stereocenters. The summed E-state index contributed by atoms with van der Waals surface area (Å²) in [5.41, 5.74) is -1.72. The second-order valence-electron chi connectivity index (χ2n) is 5.45. The zero-order valence-corrected chi connectivity index (χ0v) is 12.7. The van der Waals surface area contributed by atoms with Gasteiger partial charge in [-0.3, -0.25) is 0 Å². The van der Waals surface area contributed by atoms with Gasteiger partial charge < -0.3 is 9.64 Å². The molecule has 136 valence electrons. The Bertz CT molecular complexity index is 936. The Morgan fingerprint density at radius 1 is 0.962 bits per heavy atom. The summed E-state index contributed by atoms with van der Waals surface area (Å²) in [6.07, 6.45) is 1.46. The minimum atomic E-state index is -3.66. The molecule has 0 aliphatic carbocycles. The Morgan fingerprint density at radius 2 is 1.65 bits per heavy atom. The first-order valence-electron chi connectivity index (χ1n) is 7.07. The number of nitrogens with zero attached hydrogens (tertiary/aromatic N) is 1. The SMILES string of the molecule is C#CCN1CC(F)(F)Oc2cc(F)c(-c3cc(F)c(F)c(F)c3F)cc21. The number of rotatable bonds is 2. The van der Waals surface area contributed by atoms with Crippen LogP contribution in [0.4, 0.5) is 36.4 Å². The zero-order chi connectivity index (χ0) is 19.2. The molecule has 0 amide bonds. The second-order valence-corrected chi connectivity index (χ2v) is 5.45. The van der Waals surface area contributed by atoms with Crippen LogP contribution >= 0.6 is 0 Å². The van der Waals surface area contributed by atoms with Gasteiger partial charge in [0.1, 0.15) is 12.4 Å². The van der Waals surface area contributed by atoms with Gasteiger partial charge in [0.2, 0.25) is 0 Å². The van der Waals surface area contributed by atoms with Crippen molar-refractivity contribution in [3.05, 3.63) is 47.3 Å². The average molecular weight is 375 g/mol. The van der Waals surface area contributed by atoms with Gasteiger partial charge in [0.05, 0.1) is 12.2 Å². The van der Waals surface area contributed by atoms with Crippen molar-refractivity contribution in [1.82, 2.24) is 0 Å². The number of fused-ring (bicyclic) bond motifs is 1. The fourth-order valence-corrected chi connectivity index (χ4v) is 2.60. The van der Waals surface area contributed by atoms with Crippen LogP contribution in [-0.4, -0.2) is 19.2 Å². The number of anilines is 1. The van der Waals surface area contributed by atoms with Gasteiger partial charge in [0, 0.05) is 17.2 Å². The topological polar surface area (TPSA) is 12.5 Å². The summed E-state index contributed by atoms with van der Waals surface area (Å²) >= 11 is 0. The standard InChI is InChI=1S/C17H8F7NO/c1-2-3-25-7-17(23,24)26-13-6-10(18)8(5-12(13)25)9-4-11(19)15(21)16(22)14(9)20/h1,4-6H,3,7H2. The van der Waals surface area contributed by atoms with Crippen LogP contribution in [0.25, 0.3) is 11.1 Å². The number of alkyl halides is 2. The van der Waals surface area contributed by atoms with E-state index < -0.39 is 58.6 Å². The van der Waals surface area contributed by atoms with Crippen LogP contribution in [0.3, 0.4) is 0 Å². The molecular weight excluding hydrogens is 367 g/mol. The zero-order valence-electron chi connectivity index (χ0n) is 12.7. The van der Waals surface area contributed by atoms with Crippen molar-refractivity contribution < 1.29 is 35.5 Å². The monoisotopic (exact) mass is 375 g/mol. The smallest absolute Gasteiger partial charge is 0.415 e. The van der Waals surface area contributed by atoms with Crippen LogP contribution in [0.15, 0.2) is 18.2 Å². The Balaban J connectivity index is 2.21. The fourth-order valence-electron chi connectivity index (χ4n) is 2.60. The molecule has 26 heavy (non-hydrogen) atoms. The number of ether oxygens (including phenoxy) is 1. The van der Waals surface area contributed by atoms with E-state index in [1.54, 1.807) is 0 Å². The molecule has 0 spiro atoms. The number of hydrogen-bond acceptors (Lipinski definition) is 2. The van der Waals surface area contributed by atoms with Crippen LogP contribution in [0.1, 0.15) is 0 Å². The van der Waals surface area contributed by atoms with Gasteiger partial charge >= 0.3 is 6.11 Å². The highest BCUT2D eigenvalue weighted by molar-refractivity contribution is 5.74. The van der Waals surface area contributed by atoms with E-state index in [4.69, 9.17) is 6.42 Å². The summed E-state index contributed by atoms with van der Waals surface area (Å²) in [7, 11) is 0. The van der Waals surface area contributed by atoms with Gasteiger partial charge in [-0.05, 0) is 12.1 Å². The van der Waals surface area contributed by atoms with E-state index >= 15 is 0 Å². The predicted octanol–water partition coefficient (Wildman–Crippen LogP) is 4.47. The molecule has 0 aromatic heterocycles.